The Labute approximate surface area is 104 Å². The monoisotopic (exact) mass is 237 g/mol. The Hall–Kier alpha value is -2.49. The first-order valence-corrected chi connectivity index (χ1v) is 5.69. The Morgan fingerprint density at radius 3 is 2.50 bits per heavy atom. The lowest BCUT2D eigenvalue weighted by molar-refractivity contribution is 0.516. The number of hydrogen-bond acceptors (Lipinski definition) is 4. The maximum absolute atomic E-state index is 5.61. The van der Waals surface area contributed by atoms with Gasteiger partial charge in [0, 0.05) is 17.5 Å². The maximum atomic E-state index is 5.61. The summed E-state index contributed by atoms with van der Waals surface area (Å²) in [5, 5.41) is 8.07. The molecule has 2 heterocycles. The van der Waals surface area contributed by atoms with Crippen molar-refractivity contribution in [2.75, 3.05) is 0 Å². The minimum absolute atomic E-state index is 0.543. The Morgan fingerprint density at radius 1 is 0.889 bits per heavy atom. The predicted molar refractivity (Wildman–Crippen MR) is 66.8 cm³/mol. The van der Waals surface area contributed by atoms with Gasteiger partial charge in [-0.25, -0.2) is 0 Å². The van der Waals surface area contributed by atoms with Gasteiger partial charge in [0.2, 0.25) is 11.8 Å². The summed E-state index contributed by atoms with van der Waals surface area (Å²) < 4.78 is 5.61. The van der Waals surface area contributed by atoms with Crippen molar-refractivity contribution in [2.45, 2.75) is 6.42 Å². The molecule has 0 spiro atoms. The van der Waals surface area contributed by atoms with Crippen LogP contribution in [0.4, 0.5) is 0 Å². The van der Waals surface area contributed by atoms with Crippen LogP contribution in [-0.2, 0) is 6.42 Å². The Morgan fingerprint density at radius 2 is 1.72 bits per heavy atom. The fraction of sp³-hybridized carbons (Fsp3) is 0.0714. The molecule has 0 aliphatic carbocycles. The van der Waals surface area contributed by atoms with Crippen LogP contribution in [0.5, 0.6) is 0 Å². The zero-order chi connectivity index (χ0) is 12.2. The molecule has 4 nitrogen and oxygen atoms in total. The zero-order valence-electron chi connectivity index (χ0n) is 9.65. The van der Waals surface area contributed by atoms with Crippen LogP contribution >= 0.6 is 0 Å². The van der Waals surface area contributed by atoms with Gasteiger partial charge in [0.05, 0.1) is 6.42 Å². The summed E-state index contributed by atoms with van der Waals surface area (Å²) in [4.78, 5) is 4.23. The van der Waals surface area contributed by atoms with Crippen molar-refractivity contribution in [1.82, 2.24) is 15.2 Å². The van der Waals surface area contributed by atoms with Crippen LogP contribution in [0.1, 0.15) is 11.6 Å². The molecule has 2 aromatic heterocycles. The summed E-state index contributed by atoms with van der Waals surface area (Å²) in [5.41, 5.74) is 1.85. The number of nitrogens with zero attached hydrogens (tertiary/aromatic N) is 3. The van der Waals surface area contributed by atoms with E-state index in [1.165, 1.54) is 0 Å². The van der Waals surface area contributed by atoms with Crippen molar-refractivity contribution in [3.8, 4) is 11.5 Å². The lowest BCUT2D eigenvalue weighted by atomic mass is 10.2. The molecule has 0 aliphatic heterocycles. The normalized spacial score (nSPS) is 10.4. The Kier molecular flexibility index (Phi) is 2.84. The highest BCUT2D eigenvalue weighted by Crippen LogP contribution is 2.17. The van der Waals surface area contributed by atoms with Gasteiger partial charge in [0.25, 0.3) is 0 Å². The molecule has 3 aromatic rings. The highest BCUT2D eigenvalue weighted by atomic mass is 16.4. The van der Waals surface area contributed by atoms with E-state index in [-0.39, 0.29) is 0 Å². The van der Waals surface area contributed by atoms with E-state index in [1.807, 2.05) is 48.5 Å². The summed E-state index contributed by atoms with van der Waals surface area (Å²) >= 11 is 0. The Balaban J connectivity index is 1.82. The van der Waals surface area contributed by atoms with Crippen LogP contribution in [0.25, 0.3) is 11.5 Å². The number of rotatable bonds is 3. The minimum Gasteiger partial charge on any atom is -0.420 e. The fourth-order valence-electron chi connectivity index (χ4n) is 1.68. The smallest absolute Gasteiger partial charge is 0.247 e. The van der Waals surface area contributed by atoms with Crippen LogP contribution in [-0.4, -0.2) is 15.2 Å². The molecule has 0 amide bonds. The molecule has 0 aliphatic rings. The van der Waals surface area contributed by atoms with E-state index >= 15 is 0 Å². The summed E-state index contributed by atoms with van der Waals surface area (Å²) in [6.07, 6.45) is 2.31. The van der Waals surface area contributed by atoms with Gasteiger partial charge in [-0.2, -0.15) is 0 Å². The number of aromatic nitrogens is 3. The number of pyridine rings is 1. The van der Waals surface area contributed by atoms with Gasteiger partial charge in [0.15, 0.2) is 0 Å². The van der Waals surface area contributed by atoms with Gasteiger partial charge in [0.1, 0.15) is 0 Å². The van der Waals surface area contributed by atoms with E-state index in [2.05, 4.69) is 15.2 Å². The van der Waals surface area contributed by atoms with Gasteiger partial charge in [-0.05, 0) is 24.3 Å². The quantitative estimate of drug-likeness (QED) is 0.702. The van der Waals surface area contributed by atoms with Gasteiger partial charge < -0.3 is 4.42 Å². The molecule has 0 saturated heterocycles. The molecule has 0 fully saturated rings. The third kappa shape index (κ3) is 2.27. The fourth-order valence-corrected chi connectivity index (χ4v) is 1.68. The molecule has 0 unspecified atom stereocenters. The van der Waals surface area contributed by atoms with Crippen LogP contribution in [0, 0.1) is 0 Å². The molecular weight excluding hydrogens is 226 g/mol. The SMILES string of the molecule is c1ccc(-c2nnc(Cc3ccccn3)o2)cc1. The van der Waals surface area contributed by atoms with E-state index in [4.69, 9.17) is 4.42 Å². The lowest BCUT2D eigenvalue weighted by Gasteiger charge is -1.94. The topological polar surface area (TPSA) is 51.8 Å². The molecule has 1 aromatic carbocycles. The molecular formula is C14H11N3O. The van der Waals surface area contributed by atoms with Crippen LogP contribution < -0.4 is 0 Å². The third-order valence-electron chi connectivity index (χ3n) is 2.55. The molecule has 3 rings (SSSR count). The summed E-state index contributed by atoms with van der Waals surface area (Å²) in [7, 11) is 0. The molecule has 0 saturated carbocycles. The van der Waals surface area contributed by atoms with Crippen LogP contribution in [0.15, 0.2) is 59.1 Å². The second-order valence-corrected chi connectivity index (χ2v) is 3.86. The summed E-state index contributed by atoms with van der Waals surface area (Å²) in [6, 6.07) is 15.5. The van der Waals surface area contributed by atoms with Crippen molar-refractivity contribution in [3.63, 3.8) is 0 Å². The van der Waals surface area contributed by atoms with E-state index in [1.54, 1.807) is 6.20 Å². The second-order valence-electron chi connectivity index (χ2n) is 3.86. The molecule has 4 heteroatoms. The van der Waals surface area contributed by atoms with Gasteiger partial charge in [-0.1, -0.05) is 24.3 Å². The summed E-state index contributed by atoms with van der Waals surface area (Å²) in [6.45, 7) is 0. The number of hydrogen-bond donors (Lipinski definition) is 0. The standard InChI is InChI=1S/C14H11N3O/c1-2-6-11(7-3-1)14-17-16-13(18-14)10-12-8-4-5-9-15-12/h1-9H,10H2. The highest BCUT2D eigenvalue weighted by molar-refractivity contribution is 5.51. The Bertz CT molecular complexity index is 620. The molecule has 0 bridgehead atoms. The van der Waals surface area contributed by atoms with E-state index in [0.29, 0.717) is 18.2 Å². The predicted octanol–water partition coefficient (Wildman–Crippen LogP) is 2.72. The molecule has 88 valence electrons. The van der Waals surface area contributed by atoms with Crippen molar-refractivity contribution in [1.29, 1.82) is 0 Å². The largest absolute Gasteiger partial charge is 0.420 e. The van der Waals surface area contributed by atoms with Crippen LogP contribution in [0.3, 0.4) is 0 Å². The molecule has 18 heavy (non-hydrogen) atoms. The van der Waals surface area contributed by atoms with Gasteiger partial charge >= 0.3 is 0 Å². The molecule has 0 N–H and O–H groups in total. The molecule has 0 atom stereocenters. The van der Waals surface area contributed by atoms with E-state index in [0.717, 1.165) is 11.3 Å². The van der Waals surface area contributed by atoms with Crippen LogP contribution in [0.2, 0.25) is 0 Å². The van der Waals surface area contributed by atoms with E-state index < -0.39 is 0 Å². The third-order valence-corrected chi connectivity index (χ3v) is 2.55. The average Bonchev–Trinajstić information content (AvgIpc) is 2.89. The summed E-state index contributed by atoms with van der Waals surface area (Å²) in [5.74, 6) is 1.12. The van der Waals surface area contributed by atoms with E-state index in [9.17, 15) is 0 Å². The van der Waals surface area contributed by atoms with Gasteiger partial charge in [-0.3, -0.25) is 4.98 Å². The lowest BCUT2D eigenvalue weighted by Crippen LogP contribution is -1.90. The number of benzene rings is 1. The zero-order valence-corrected chi connectivity index (χ0v) is 9.65. The first-order valence-electron chi connectivity index (χ1n) is 5.69. The first-order chi connectivity index (χ1) is 8.92. The van der Waals surface area contributed by atoms with Crippen molar-refractivity contribution in [2.24, 2.45) is 0 Å². The minimum atomic E-state index is 0.543. The van der Waals surface area contributed by atoms with Crippen molar-refractivity contribution < 1.29 is 4.42 Å². The second kappa shape index (κ2) is 4.79. The van der Waals surface area contributed by atoms with Crippen molar-refractivity contribution >= 4 is 0 Å². The average molecular weight is 237 g/mol. The first kappa shape index (κ1) is 10.7. The van der Waals surface area contributed by atoms with Crippen molar-refractivity contribution in [3.05, 3.63) is 66.3 Å². The van der Waals surface area contributed by atoms with Gasteiger partial charge in [-0.15, -0.1) is 10.2 Å². The molecule has 0 radical (unpaired) electrons. The maximum Gasteiger partial charge on any atom is 0.247 e. The highest BCUT2D eigenvalue weighted by Gasteiger charge is 2.08.